The molecule has 0 radical (unpaired) electrons. The molecule has 1 aromatic carbocycles. The molecular weight excluding hydrogens is 270 g/mol. The molecule has 0 spiro atoms. The van der Waals surface area contributed by atoms with Crippen LogP contribution < -0.4 is 4.74 Å². The molecule has 118 valence electrons. The average molecular weight is 295 g/mol. The van der Waals surface area contributed by atoms with Crippen molar-refractivity contribution in [3.63, 3.8) is 0 Å². The lowest BCUT2D eigenvalue weighted by Crippen LogP contribution is -2.35. The van der Waals surface area contributed by atoms with Gasteiger partial charge in [0, 0.05) is 19.7 Å². The van der Waals surface area contributed by atoms with Gasteiger partial charge in [0.1, 0.15) is 5.75 Å². The smallest absolute Gasteiger partial charge is 0.317 e. The Morgan fingerprint density at radius 3 is 2.48 bits per heavy atom. The van der Waals surface area contributed by atoms with Gasteiger partial charge in [-0.05, 0) is 31.0 Å². The lowest BCUT2D eigenvalue weighted by atomic mass is 10.1. The van der Waals surface area contributed by atoms with Crippen LogP contribution in [0.25, 0.3) is 0 Å². The van der Waals surface area contributed by atoms with Crippen LogP contribution in [0.1, 0.15) is 31.9 Å². The average Bonchev–Trinajstić information content (AvgIpc) is 2.49. The number of aliphatic carboxylic acids is 1. The van der Waals surface area contributed by atoms with E-state index in [-0.39, 0.29) is 12.6 Å². The van der Waals surface area contributed by atoms with Gasteiger partial charge in [-0.25, -0.2) is 0 Å². The van der Waals surface area contributed by atoms with Crippen LogP contribution in [0.4, 0.5) is 0 Å². The van der Waals surface area contributed by atoms with Crippen LogP contribution in [0.3, 0.4) is 0 Å². The summed E-state index contributed by atoms with van der Waals surface area (Å²) >= 11 is 0. The first-order valence-electron chi connectivity index (χ1n) is 7.26. The van der Waals surface area contributed by atoms with Crippen molar-refractivity contribution in [3.8, 4) is 5.75 Å². The third-order valence-corrected chi connectivity index (χ3v) is 3.30. The molecule has 0 heterocycles. The second-order valence-corrected chi connectivity index (χ2v) is 4.95. The van der Waals surface area contributed by atoms with Gasteiger partial charge in [0.15, 0.2) is 0 Å². The van der Waals surface area contributed by atoms with Crippen LogP contribution in [0.2, 0.25) is 0 Å². The van der Waals surface area contributed by atoms with Gasteiger partial charge < -0.3 is 14.6 Å². The number of ether oxygens (including phenoxy) is 2. The molecule has 21 heavy (non-hydrogen) atoms. The van der Waals surface area contributed by atoms with Crippen molar-refractivity contribution in [1.29, 1.82) is 0 Å². The maximum Gasteiger partial charge on any atom is 0.317 e. The maximum absolute atomic E-state index is 11.0. The molecule has 0 fully saturated rings. The summed E-state index contributed by atoms with van der Waals surface area (Å²) < 4.78 is 10.6. The summed E-state index contributed by atoms with van der Waals surface area (Å²) in [6.45, 7) is 5.86. The molecule has 0 amide bonds. The van der Waals surface area contributed by atoms with Gasteiger partial charge in [0.05, 0.1) is 19.8 Å². The minimum absolute atomic E-state index is 0.00138. The van der Waals surface area contributed by atoms with E-state index in [0.717, 1.165) is 17.7 Å². The van der Waals surface area contributed by atoms with Gasteiger partial charge in [-0.1, -0.05) is 19.1 Å². The highest BCUT2D eigenvalue weighted by Gasteiger charge is 2.18. The summed E-state index contributed by atoms with van der Waals surface area (Å²) in [5.41, 5.74) is 1.07. The minimum atomic E-state index is -0.833. The first-order valence-corrected chi connectivity index (χ1v) is 7.26. The number of rotatable bonds is 10. The first-order chi connectivity index (χ1) is 10.1. The maximum atomic E-state index is 11.0. The van der Waals surface area contributed by atoms with Crippen LogP contribution in [0.15, 0.2) is 24.3 Å². The topological polar surface area (TPSA) is 59.0 Å². The second-order valence-electron chi connectivity index (χ2n) is 4.95. The van der Waals surface area contributed by atoms with E-state index < -0.39 is 5.97 Å². The number of hydrogen-bond acceptors (Lipinski definition) is 4. The van der Waals surface area contributed by atoms with Crippen LogP contribution >= 0.6 is 0 Å². The van der Waals surface area contributed by atoms with E-state index in [1.807, 2.05) is 36.1 Å². The molecule has 1 unspecified atom stereocenters. The van der Waals surface area contributed by atoms with E-state index in [0.29, 0.717) is 19.8 Å². The Balaban J connectivity index is 2.72. The predicted octanol–water partition coefficient (Wildman–Crippen LogP) is 2.57. The van der Waals surface area contributed by atoms with E-state index in [1.165, 1.54) is 0 Å². The second kappa shape index (κ2) is 9.37. The van der Waals surface area contributed by atoms with E-state index in [2.05, 4.69) is 6.92 Å². The fourth-order valence-electron chi connectivity index (χ4n) is 2.07. The summed E-state index contributed by atoms with van der Waals surface area (Å²) in [4.78, 5) is 12.9. The van der Waals surface area contributed by atoms with Crippen LogP contribution in [-0.2, 0) is 9.53 Å². The van der Waals surface area contributed by atoms with Crippen molar-refractivity contribution in [2.45, 2.75) is 26.3 Å². The van der Waals surface area contributed by atoms with Crippen LogP contribution in [0.5, 0.6) is 5.75 Å². The fourth-order valence-corrected chi connectivity index (χ4v) is 2.07. The third kappa shape index (κ3) is 6.14. The van der Waals surface area contributed by atoms with Crippen molar-refractivity contribution in [3.05, 3.63) is 29.8 Å². The van der Waals surface area contributed by atoms with E-state index in [1.54, 1.807) is 7.11 Å². The molecule has 0 bridgehead atoms. The lowest BCUT2D eigenvalue weighted by molar-refractivity contribution is -0.139. The monoisotopic (exact) mass is 295 g/mol. The fraction of sp³-hybridized carbons (Fsp3) is 0.562. The summed E-state index contributed by atoms with van der Waals surface area (Å²) in [7, 11) is 1.61. The molecule has 0 aliphatic rings. The van der Waals surface area contributed by atoms with E-state index in [4.69, 9.17) is 14.6 Å². The van der Waals surface area contributed by atoms with Gasteiger partial charge in [-0.2, -0.15) is 0 Å². The Hall–Kier alpha value is -1.59. The highest BCUT2D eigenvalue weighted by Crippen LogP contribution is 2.22. The molecule has 0 aliphatic heterocycles. The van der Waals surface area contributed by atoms with Gasteiger partial charge in [0.2, 0.25) is 0 Å². The Morgan fingerprint density at radius 2 is 1.95 bits per heavy atom. The molecule has 0 aliphatic carbocycles. The molecule has 5 nitrogen and oxygen atoms in total. The van der Waals surface area contributed by atoms with Crippen molar-refractivity contribution in [1.82, 2.24) is 4.90 Å². The number of carboxylic acid groups (broad SMARTS) is 1. The molecule has 0 saturated carbocycles. The Bertz CT molecular complexity index is 419. The highest BCUT2D eigenvalue weighted by atomic mass is 16.5. The summed E-state index contributed by atoms with van der Waals surface area (Å²) in [5, 5.41) is 9.02. The Labute approximate surface area is 126 Å². The van der Waals surface area contributed by atoms with Gasteiger partial charge >= 0.3 is 5.97 Å². The van der Waals surface area contributed by atoms with Crippen molar-refractivity contribution < 1.29 is 19.4 Å². The predicted molar refractivity (Wildman–Crippen MR) is 81.7 cm³/mol. The van der Waals surface area contributed by atoms with Gasteiger partial charge in [-0.15, -0.1) is 0 Å². The van der Waals surface area contributed by atoms with Gasteiger partial charge in [0.25, 0.3) is 0 Å². The van der Waals surface area contributed by atoms with Gasteiger partial charge in [-0.3, -0.25) is 9.69 Å². The number of hydrogen-bond donors (Lipinski definition) is 1. The summed E-state index contributed by atoms with van der Waals surface area (Å²) in [6.07, 6.45) is 0.974. The molecule has 1 atom stereocenters. The number of nitrogens with zero attached hydrogens (tertiary/aromatic N) is 1. The molecule has 5 heteroatoms. The molecular formula is C16H25NO4. The molecule has 1 rings (SSSR count). The molecule has 0 saturated heterocycles. The molecule has 1 aromatic rings. The minimum Gasteiger partial charge on any atom is -0.494 e. The molecule has 1 N–H and O–H groups in total. The van der Waals surface area contributed by atoms with E-state index >= 15 is 0 Å². The lowest BCUT2D eigenvalue weighted by Gasteiger charge is -2.27. The van der Waals surface area contributed by atoms with Crippen LogP contribution in [0, 0.1) is 0 Å². The normalized spacial score (nSPS) is 12.4. The SMILES string of the molecule is CCCOc1ccc(C(C)N(CCOC)CC(=O)O)cc1. The van der Waals surface area contributed by atoms with Crippen molar-refractivity contribution in [2.24, 2.45) is 0 Å². The quantitative estimate of drug-likeness (QED) is 0.719. The zero-order chi connectivity index (χ0) is 15.7. The summed E-state index contributed by atoms with van der Waals surface area (Å²) in [5.74, 6) is 0.00956. The molecule has 0 aromatic heterocycles. The third-order valence-electron chi connectivity index (χ3n) is 3.30. The zero-order valence-corrected chi connectivity index (χ0v) is 13.0. The first kappa shape index (κ1) is 17.5. The Morgan fingerprint density at radius 1 is 1.29 bits per heavy atom. The van der Waals surface area contributed by atoms with Crippen LogP contribution in [-0.4, -0.2) is 49.4 Å². The number of methoxy groups -OCH3 is 1. The van der Waals surface area contributed by atoms with Crippen molar-refractivity contribution in [2.75, 3.05) is 33.4 Å². The number of benzene rings is 1. The zero-order valence-electron chi connectivity index (χ0n) is 13.0. The number of carbonyl (C=O) groups is 1. The largest absolute Gasteiger partial charge is 0.494 e. The summed E-state index contributed by atoms with van der Waals surface area (Å²) in [6, 6.07) is 7.83. The highest BCUT2D eigenvalue weighted by molar-refractivity contribution is 5.69. The van der Waals surface area contributed by atoms with E-state index in [9.17, 15) is 4.79 Å². The Kier molecular flexibility index (Phi) is 7.79. The standard InChI is InChI=1S/C16H25NO4/c1-4-10-21-15-7-5-14(6-8-15)13(2)17(9-11-20-3)12-16(18)19/h5-8,13H,4,9-12H2,1-3H3,(H,18,19). The number of carboxylic acids is 1. The van der Waals surface area contributed by atoms with Crippen molar-refractivity contribution >= 4 is 5.97 Å².